The first-order chi connectivity index (χ1) is 12.0. The van der Waals surface area contributed by atoms with Crippen molar-refractivity contribution >= 4 is 5.97 Å². The van der Waals surface area contributed by atoms with Crippen LogP contribution in [0.2, 0.25) is 0 Å². The third-order valence-electron chi connectivity index (χ3n) is 4.24. The summed E-state index contributed by atoms with van der Waals surface area (Å²) in [7, 11) is 0. The number of hydrogen-bond donors (Lipinski definition) is 2. The number of carboxylic acid groups (broad SMARTS) is 1. The van der Waals surface area contributed by atoms with E-state index in [-0.39, 0.29) is 5.56 Å². The Morgan fingerprint density at radius 3 is 2.44 bits per heavy atom. The van der Waals surface area contributed by atoms with Gasteiger partial charge in [-0.3, -0.25) is 4.68 Å². The molecule has 0 unspecified atom stereocenters. The van der Waals surface area contributed by atoms with Crippen molar-refractivity contribution in [3.8, 4) is 22.6 Å². The first-order valence-corrected chi connectivity index (χ1v) is 8.60. The number of rotatable bonds is 6. The van der Waals surface area contributed by atoms with Gasteiger partial charge in [0.15, 0.2) is 0 Å². The average molecular weight is 337 g/mol. The summed E-state index contributed by atoms with van der Waals surface area (Å²) < 4.78 is 2.09. The van der Waals surface area contributed by atoms with Gasteiger partial charge >= 0.3 is 5.97 Å². The Hall–Kier alpha value is -2.82. The minimum atomic E-state index is -0.915. The van der Waals surface area contributed by atoms with Crippen molar-refractivity contribution in [1.29, 1.82) is 0 Å². The number of carbonyl (C=O) groups is 1. The van der Waals surface area contributed by atoms with Crippen molar-refractivity contribution in [2.24, 2.45) is 0 Å². The highest BCUT2D eigenvalue weighted by molar-refractivity contribution is 5.88. The predicted octanol–water partition coefficient (Wildman–Crippen LogP) is 4.78. The molecule has 0 radical (unpaired) electrons. The Kier molecular flexibility index (Phi) is 4.74. The molecule has 3 aromatic rings. The molecule has 0 saturated heterocycles. The first kappa shape index (κ1) is 17.0. The number of benzene rings is 1. The molecule has 3 rings (SSSR count). The largest absolute Gasteiger partial charge is 0.478 e. The molecule has 130 valence electrons. The van der Waals surface area contributed by atoms with Crippen molar-refractivity contribution in [1.82, 2.24) is 14.8 Å². The van der Waals surface area contributed by atoms with Gasteiger partial charge in [-0.2, -0.15) is 5.10 Å². The van der Waals surface area contributed by atoms with Gasteiger partial charge in [-0.25, -0.2) is 4.79 Å². The number of aryl methyl sites for hydroxylation is 1. The zero-order chi connectivity index (χ0) is 18.0. The van der Waals surface area contributed by atoms with E-state index in [1.165, 1.54) is 5.69 Å². The van der Waals surface area contributed by atoms with Crippen molar-refractivity contribution < 1.29 is 9.90 Å². The Bertz CT molecular complexity index is 873. The van der Waals surface area contributed by atoms with Crippen LogP contribution < -0.4 is 0 Å². The molecule has 25 heavy (non-hydrogen) atoms. The zero-order valence-corrected chi connectivity index (χ0v) is 14.8. The predicted molar refractivity (Wildman–Crippen MR) is 98.8 cm³/mol. The highest BCUT2D eigenvalue weighted by Gasteiger charge is 2.13. The fraction of sp³-hybridized carbons (Fsp3) is 0.300. The van der Waals surface area contributed by atoms with Gasteiger partial charge in [0.05, 0.1) is 11.3 Å². The molecule has 0 aliphatic heterocycles. The smallest absolute Gasteiger partial charge is 0.335 e. The second-order valence-corrected chi connectivity index (χ2v) is 6.50. The summed E-state index contributed by atoms with van der Waals surface area (Å²) in [5.74, 6) is -0.493. The Labute approximate surface area is 147 Å². The average Bonchev–Trinajstić information content (AvgIpc) is 3.22. The molecule has 0 spiro atoms. The molecule has 1 aromatic carbocycles. The van der Waals surface area contributed by atoms with Gasteiger partial charge in [0, 0.05) is 17.9 Å². The van der Waals surface area contributed by atoms with Crippen molar-refractivity contribution in [2.45, 2.75) is 39.7 Å². The van der Waals surface area contributed by atoms with Crippen LogP contribution in [0.15, 0.2) is 42.5 Å². The van der Waals surface area contributed by atoms with Gasteiger partial charge in [0.1, 0.15) is 5.69 Å². The molecular formula is C20H23N3O2. The van der Waals surface area contributed by atoms with Crippen LogP contribution in [0.3, 0.4) is 0 Å². The minimum Gasteiger partial charge on any atom is -0.478 e. The Morgan fingerprint density at radius 1 is 1.16 bits per heavy atom. The number of carboxylic acids is 1. The van der Waals surface area contributed by atoms with E-state index in [4.69, 9.17) is 10.2 Å². The van der Waals surface area contributed by atoms with Gasteiger partial charge in [0.25, 0.3) is 0 Å². The standard InChI is InChI=1S/C20H23N3O2/c1-4-11-23-19(13(2)3)12-18(22-23)17-10-9-16(21-17)14-5-7-15(8-6-14)20(24)25/h5-10,12-13,21H,4,11H2,1-3H3,(H,24,25). The topological polar surface area (TPSA) is 70.9 Å². The van der Waals surface area contributed by atoms with Gasteiger partial charge in [-0.05, 0) is 48.2 Å². The zero-order valence-electron chi connectivity index (χ0n) is 14.8. The molecule has 5 heteroatoms. The number of nitrogens with zero attached hydrogens (tertiary/aromatic N) is 2. The van der Waals surface area contributed by atoms with Gasteiger partial charge < -0.3 is 10.1 Å². The third-order valence-corrected chi connectivity index (χ3v) is 4.24. The summed E-state index contributed by atoms with van der Waals surface area (Å²) in [4.78, 5) is 14.4. The number of H-pyrrole nitrogens is 1. The van der Waals surface area contributed by atoms with E-state index in [0.29, 0.717) is 5.92 Å². The lowest BCUT2D eigenvalue weighted by molar-refractivity contribution is 0.0697. The molecule has 0 atom stereocenters. The SMILES string of the molecule is CCCn1nc(-c2ccc(-c3ccc(C(=O)O)cc3)[nH]2)cc1C(C)C. The number of aromatic nitrogens is 3. The van der Waals surface area contributed by atoms with E-state index in [1.54, 1.807) is 12.1 Å². The molecule has 2 aromatic heterocycles. The first-order valence-electron chi connectivity index (χ1n) is 8.60. The fourth-order valence-electron chi connectivity index (χ4n) is 2.92. The molecule has 0 fully saturated rings. The van der Waals surface area contributed by atoms with Crippen LogP contribution in [0.5, 0.6) is 0 Å². The summed E-state index contributed by atoms with van der Waals surface area (Å²) in [5, 5.41) is 13.7. The number of aromatic amines is 1. The monoisotopic (exact) mass is 337 g/mol. The number of nitrogens with one attached hydrogen (secondary N) is 1. The van der Waals surface area contributed by atoms with E-state index in [2.05, 4.69) is 36.5 Å². The van der Waals surface area contributed by atoms with Crippen LogP contribution in [-0.2, 0) is 6.54 Å². The molecule has 5 nitrogen and oxygen atoms in total. The third kappa shape index (κ3) is 3.50. The summed E-state index contributed by atoms with van der Waals surface area (Å²) in [6.07, 6.45) is 1.05. The van der Waals surface area contributed by atoms with E-state index in [9.17, 15) is 4.79 Å². The summed E-state index contributed by atoms with van der Waals surface area (Å²) in [5.41, 5.74) is 5.32. The van der Waals surface area contributed by atoms with E-state index >= 15 is 0 Å². The highest BCUT2D eigenvalue weighted by Crippen LogP contribution is 2.27. The van der Waals surface area contributed by atoms with Crippen LogP contribution in [0.4, 0.5) is 0 Å². The molecule has 0 aliphatic rings. The van der Waals surface area contributed by atoms with Crippen LogP contribution in [-0.4, -0.2) is 25.8 Å². The molecule has 0 amide bonds. The van der Waals surface area contributed by atoms with Gasteiger partial charge in [-0.1, -0.05) is 32.9 Å². The lowest BCUT2D eigenvalue weighted by atomic mass is 10.1. The molecular weight excluding hydrogens is 314 g/mol. The fourth-order valence-corrected chi connectivity index (χ4v) is 2.92. The Morgan fingerprint density at radius 2 is 1.84 bits per heavy atom. The van der Waals surface area contributed by atoms with Gasteiger partial charge in [-0.15, -0.1) is 0 Å². The van der Waals surface area contributed by atoms with Crippen molar-refractivity contribution in [2.75, 3.05) is 0 Å². The molecule has 2 heterocycles. The maximum atomic E-state index is 11.0. The lowest BCUT2D eigenvalue weighted by Gasteiger charge is -2.07. The summed E-state index contributed by atoms with van der Waals surface area (Å²) >= 11 is 0. The van der Waals surface area contributed by atoms with Crippen LogP contribution in [0, 0.1) is 0 Å². The van der Waals surface area contributed by atoms with Gasteiger partial charge in [0.2, 0.25) is 0 Å². The van der Waals surface area contributed by atoms with Crippen molar-refractivity contribution in [3.63, 3.8) is 0 Å². The second kappa shape index (κ2) is 6.97. The highest BCUT2D eigenvalue weighted by atomic mass is 16.4. The van der Waals surface area contributed by atoms with Crippen molar-refractivity contribution in [3.05, 3.63) is 53.7 Å². The van der Waals surface area contributed by atoms with Crippen LogP contribution in [0.25, 0.3) is 22.6 Å². The lowest BCUT2D eigenvalue weighted by Crippen LogP contribution is -2.05. The van der Waals surface area contributed by atoms with E-state index in [1.807, 2.05) is 24.3 Å². The minimum absolute atomic E-state index is 0.287. The number of aromatic carboxylic acids is 1. The Balaban J connectivity index is 1.91. The van der Waals surface area contributed by atoms with Crippen LogP contribution >= 0.6 is 0 Å². The maximum Gasteiger partial charge on any atom is 0.335 e. The second-order valence-electron chi connectivity index (χ2n) is 6.50. The molecule has 0 saturated carbocycles. The summed E-state index contributed by atoms with van der Waals surface area (Å²) in [6.45, 7) is 7.42. The maximum absolute atomic E-state index is 11.0. The molecule has 0 bridgehead atoms. The quantitative estimate of drug-likeness (QED) is 0.680. The van der Waals surface area contributed by atoms with E-state index in [0.717, 1.165) is 35.6 Å². The number of hydrogen-bond acceptors (Lipinski definition) is 2. The van der Waals surface area contributed by atoms with E-state index < -0.39 is 5.97 Å². The summed E-state index contributed by atoms with van der Waals surface area (Å²) in [6, 6.07) is 13.0. The normalized spacial score (nSPS) is 11.2. The molecule has 2 N–H and O–H groups in total. The van der Waals surface area contributed by atoms with Crippen LogP contribution in [0.1, 0.15) is 49.2 Å². The molecule has 0 aliphatic carbocycles.